The molecule has 0 radical (unpaired) electrons. The fourth-order valence-electron chi connectivity index (χ4n) is 2.72. The molecule has 1 amide bonds. The molecule has 0 unspecified atom stereocenters. The number of aryl methyl sites for hydroxylation is 1. The van der Waals surface area contributed by atoms with E-state index in [2.05, 4.69) is 15.3 Å². The van der Waals surface area contributed by atoms with Gasteiger partial charge in [-0.3, -0.25) is 19.0 Å². The molecule has 0 aliphatic carbocycles. The molecule has 9 heteroatoms. The van der Waals surface area contributed by atoms with E-state index in [-0.39, 0.29) is 23.6 Å². The normalized spacial score (nSPS) is 11.8. The van der Waals surface area contributed by atoms with Crippen molar-refractivity contribution in [1.29, 1.82) is 0 Å². The Hall–Kier alpha value is -3.26. The topological polar surface area (TPSA) is 103 Å². The minimum Gasteiger partial charge on any atom is -0.453 e. The first kappa shape index (κ1) is 20.5. The van der Waals surface area contributed by atoms with Crippen LogP contribution >= 0.6 is 11.6 Å². The molecule has 3 rings (SSSR count). The molecule has 0 aliphatic rings. The lowest BCUT2D eigenvalue weighted by atomic mass is 10.2. The Balaban J connectivity index is 1.60. The summed E-state index contributed by atoms with van der Waals surface area (Å²) in [5.74, 6) is -0.637. The van der Waals surface area contributed by atoms with Crippen molar-refractivity contribution < 1.29 is 14.3 Å². The van der Waals surface area contributed by atoms with Crippen LogP contribution in [0.3, 0.4) is 0 Å². The van der Waals surface area contributed by atoms with Crippen molar-refractivity contribution in [2.75, 3.05) is 5.32 Å². The van der Waals surface area contributed by atoms with Gasteiger partial charge in [0.1, 0.15) is 5.82 Å². The van der Waals surface area contributed by atoms with Crippen LogP contribution in [0.1, 0.15) is 19.2 Å². The number of nitrogens with zero attached hydrogens (tertiary/aromatic N) is 3. The highest BCUT2D eigenvalue weighted by atomic mass is 35.5. The van der Waals surface area contributed by atoms with E-state index in [9.17, 15) is 14.4 Å². The highest BCUT2D eigenvalue weighted by Crippen LogP contribution is 2.18. The van der Waals surface area contributed by atoms with Gasteiger partial charge >= 0.3 is 5.97 Å². The zero-order chi connectivity index (χ0) is 21.0. The highest BCUT2D eigenvalue weighted by molar-refractivity contribution is 6.32. The summed E-state index contributed by atoms with van der Waals surface area (Å²) in [5, 5.41) is 3.21. The van der Waals surface area contributed by atoms with E-state index in [1.165, 1.54) is 17.7 Å². The van der Waals surface area contributed by atoms with Gasteiger partial charge in [0.25, 0.3) is 11.5 Å². The van der Waals surface area contributed by atoms with Gasteiger partial charge in [0.15, 0.2) is 11.3 Å². The van der Waals surface area contributed by atoms with E-state index in [0.717, 1.165) is 0 Å². The number of halogens is 1. The predicted octanol–water partition coefficient (Wildman–Crippen LogP) is 2.48. The van der Waals surface area contributed by atoms with Crippen molar-refractivity contribution in [3.63, 3.8) is 0 Å². The quantitative estimate of drug-likeness (QED) is 0.491. The van der Waals surface area contributed by atoms with Crippen molar-refractivity contribution >= 4 is 40.1 Å². The zero-order valence-electron chi connectivity index (χ0n) is 15.9. The molecular weight excluding hydrogens is 396 g/mol. The van der Waals surface area contributed by atoms with Crippen molar-refractivity contribution in [2.24, 2.45) is 7.05 Å². The van der Waals surface area contributed by atoms with Crippen LogP contribution in [0.2, 0.25) is 5.15 Å². The third kappa shape index (κ3) is 4.78. The molecule has 8 nitrogen and oxygen atoms in total. The second kappa shape index (κ2) is 8.83. The SMILES string of the molecule is C[C@H](OC(=O)CCc1nc2ccccc2c(=O)n1C)C(=O)Nc1cccnc1Cl. The molecule has 3 aromatic rings. The number of pyridine rings is 1. The molecule has 1 aromatic carbocycles. The van der Waals surface area contributed by atoms with Gasteiger partial charge in [0.2, 0.25) is 0 Å². The van der Waals surface area contributed by atoms with Gasteiger partial charge in [0, 0.05) is 19.7 Å². The monoisotopic (exact) mass is 414 g/mol. The average molecular weight is 415 g/mol. The maximum atomic E-state index is 12.4. The molecule has 0 saturated carbocycles. The summed E-state index contributed by atoms with van der Waals surface area (Å²) < 4.78 is 6.59. The van der Waals surface area contributed by atoms with Crippen molar-refractivity contribution in [1.82, 2.24) is 14.5 Å². The number of fused-ring (bicyclic) bond motifs is 1. The smallest absolute Gasteiger partial charge is 0.307 e. The number of esters is 1. The molecule has 2 heterocycles. The summed E-state index contributed by atoms with van der Waals surface area (Å²) in [4.78, 5) is 45.0. The number of carbonyl (C=O) groups is 2. The molecular formula is C20H19ClN4O4. The number of aromatic nitrogens is 3. The van der Waals surface area contributed by atoms with Crippen LogP contribution < -0.4 is 10.9 Å². The highest BCUT2D eigenvalue weighted by Gasteiger charge is 2.19. The van der Waals surface area contributed by atoms with Crippen molar-refractivity contribution in [3.05, 3.63) is 63.9 Å². The number of ether oxygens (including phenoxy) is 1. The van der Waals surface area contributed by atoms with Crippen LogP contribution in [0.5, 0.6) is 0 Å². The fraction of sp³-hybridized carbons (Fsp3) is 0.250. The Morgan fingerprint density at radius 3 is 2.76 bits per heavy atom. The Bertz CT molecular complexity index is 1130. The van der Waals surface area contributed by atoms with Crippen LogP contribution in [0, 0.1) is 0 Å². The maximum absolute atomic E-state index is 12.4. The van der Waals surface area contributed by atoms with E-state index in [4.69, 9.17) is 16.3 Å². The summed E-state index contributed by atoms with van der Waals surface area (Å²) in [6, 6.07) is 10.2. The summed E-state index contributed by atoms with van der Waals surface area (Å²) >= 11 is 5.90. The third-order valence-electron chi connectivity index (χ3n) is 4.32. The van der Waals surface area contributed by atoms with Crippen molar-refractivity contribution in [3.8, 4) is 0 Å². The molecule has 1 N–H and O–H groups in total. The average Bonchev–Trinajstić information content (AvgIpc) is 2.71. The molecule has 1 atom stereocenters. The van der Waals surface area contributed by atoms with Crippen LogP contribution in [0.25, 0.3) is 10.9 Å². The fourth-order valence-corrected chi connectivity index (χ4v) is 2.89. The minimum atomic E-state index is -1.02. The summed E-state index contributed by atoms with van der Waals surface area (Å²) in [7, 11) is 1.61. The number of hydrogen-bond donors (Lipinski definition) is 1. The summed E-state index contributed by atoms with van der Waals surface area (Å²) in [5.41, 5.74) is 0.720. The van der Waals surface area contributed by atoms with Crippen LogP contribution in [-0.4, -0.2) is 32.5 Å². The van der Waals surface area contributed by atoms with Gasteiger partial charge in [-0.25, -0.2) is 9.97 Å². The predicted molar refractivity (Wildman–Crippen MR) is 109 cm³/mol. The molecule has 0 saturated heterocycles. The molecule has 29 heavy (non-hydrogen) atoms. The first-order valence-corrected chi connectivity index (χ1v) is 9.30. The van der Waals surface area contributed by atoms with Crippen LogP contribution in [0.4, 0.5) is 5.69 Å². The number of anilines is 1. The largest absolute Gasteiger partial charge is 0.453 e. The Morgan fingerprint density at radius 2 is 2.00 bits per heavy atom. The second-order valence-corrected chi connectivity index (χ2v) is 6.73. The lowest BCUT2D eigenvalue weighted by Gasteiger charge is -2.14. The minimum absolute atomic E-state index is 0.0239. The third-order valence-corrected chi connectivity index (χ3v) is 4.62. The maximum Gasteiger partial charge on any atom is 0.307 e. The number of para-hydroxylation sites is 1. The zero-order valence-corrected chi connectivity index (χ0v) is 16.6. The molecule has 0 bridgehead atoms. The van der Waals surface area contributed by atoms with Crippen LogP contribution in [-0.2, 0) is 27.8 Å². The van der Waals surface area contributed by atoms with Gasteiger partial charge in [-0.2, -0.15) is 0 Å². The number of hydrogen-bond acceptors (Lipinski definition) is 6. The molecule has 2 aromatic heterocycles. The number of benzene rings is 1. The number of carbonyl (C=O) groups excluding carboxylic acids is 2. The van der Waals surface area contributed by atoms with Gasteiger partial charge < -0.3 is 10.1 Å². The van der Waals surface area contributed by atoms with E-state index in [0.29, 0.717) is 22.4 Å². The van der Waals surface area contributed by atoms with E-state index in [1.807, 2.05) is 0 Å². The van der Waals surface area contributed by atoms with Crippen molar-refractivity contribution in [2.45, 2.75) is 25.9 Å². The number of amides is 1. The van der Waals surface area contributed by atoms with Gasteiger partial charge in [-0.15, -0.1) is 0 Å². The van der Waals surface area contributed by atoms with Crippen LogP contribution in [0.15, 0.2) is 47.4 Å². The Kier molecular flexibility index (Phi) is 6.23. The Labute approximate surface area is 171 Å². The molecule has 0 fully saturated rings. The number of rotatable bonds is 6. The molecule has 0 spiro atoms. The number of nitrogens with one attached hydrogen (secondary N) is 1. The first-order chi connectivity index (χ1) is 13.9. The van der Waals surface area contributed by atoms with E-state index < -0.39 is 18.0 Å². The summed E-state index contributed by atoms with van der Waals surface area (Å²) in [6.07, 6.45) is 0.657. The summed E-state index contributed by atoms with van der Waals surface area (Å²) in [6.45, 7) is 1.46. The molecule has 0 aliphatic heterocycles. The van der Waals surface area contributed by atoms with Gasteiger partial charge in [-0.05, 0) is 31.2 Å². The van der Waals surface area contributed by atoms with E-state index in [1.54, 1.807) is 43.4 Å². The lowest BCUT2D eigenvalue weighted by molar-refractivity contribution is -0.153. The standard InChI is InChI=1S/C20H19ClN4O4/c1-12(19(27)24-15-8-5-11-22-18(15)21)29-17(26)10-9-16-23-14-7-4-3-6-13(14)20(28)25(16)2/h3-8,11-12H,9-10H2,1-2H3,(H,24,27)/t12-/m0/s1. The van der Waals surface area contributed by atoms with Gasteiger partial charge in [-0.1, -0.05) is 23.7 Å². The Morgan fingerprint density at radius 1 is 1.24 bits per heavy atom. The lowest BCUT2D eigenvalue weighted by Crippen LogP contribution is -2.30. The van der Waals surface area contributed by atoms with Gasteiger partial charge in [0.05, 0.1) is 23.0 Å². The first-order valence-electron chi connectivity index (χ1n) is 8.92. The van der Waals surface area contributed by atoms with E-state index >= 15 is 0 Å². The molecule has 150 valence electrons. The second-order valence-electron chi connectivity index (χ2n) is 6.37.